The highest BCUT2D eigenvalue weighted by molar-refractivity contribution is 6.74. The topological polar surface area (TPSA) is 83.1 Å². The highest BCUT2D eigenvalue weighted by Gasteiger charge is 2.48. The van der Waals surface area contributed by atoms with Crippen LogP contribution in [-0.2, 0) is 28.2 Å². The Morgan fingerprint density at radius 2 is 1.64 bits per heavy atom. The Morgan fingerprint density at radius 3 is 2.15 bits per heavy atom. The molecule has 1 saturated carbocycles. The van der Waals surface area contributed by atoms with Crippen molar-refractivity contribution in [2.75, 3.05) is 6.61 Å². The van der Waals surface area contributed by atoms with Crippen molar-refractivity contribution in [3.8, 4) is 0 Å². The smallest absolute Gasteiger partial charge is 0.336 e. The summed E-state index contributed by atoms with van der Waals surface area (Å²) < 4.78 is 24.8. The van der Waals surface area contributed by atoms with Gasteiger partial charge in [0.25, 0.3) is 0 Å². The fourth-order valence-corrected chi connectivity index (χ4v) is 5.51. The van der Waals surface area contributed by atoms with E-state index in [1.54, 1.807) is 0 Å². The fraction of sp³-hybridized carbons (Fsp3) is 0.920. The summed E-state index contributed by atoms with van der Waals surface area (Å²) in [5.74, 6) is -0.115. The molecule has 0 aromatic rings. The molecular weight excluding hydrogens is 438 g/mol. The zero-order valence-corrected chi connectivity index (χ0v) is 23.3. The Hall–Kier alpha value is -0.963. The number of hydrogen-bond donors (Lipinski definition) is 1. The predicted molar refractivity (Wildman–Crippen MR) is 131 cm³/mol. The van der Waals surface area contributed by atoms with Gasteiger partial charge in [-0.25, -0.2) is 4.79 Å². The lowest BCUT2D eigenvalue weighted by molar-refractivity contribution is -0.242. The van der Waals surface area contributed by atoms with Crippen LogP contribution < -0.4 is 5.32 Å². The molecular formula is C25H47NO6Si. The van der Waals surface area contributed by atoms with Crippen molar-refractivity contribution in [2.45, 2.75) is 135 Å². The van der Waals surface area contributed by atoms with E-state index in [1.807, 2.05) is 20.8 Å². The SMILES string of the molecule is CC(=O)N[C@H]1[C@@H](OCC2CCCCC2)O[C@H](C(=O)OC(C)(C)C)C[C@@H]1O[Si](C)(C)C(C)(C)C. The molecule has 1 aliphatic carbocycles. The van der Waals surface area contributed by atoms with Crippen LogP contribution in [0.4, 0.5) is 0 Å². The third-order valence-electron chi connectivity index (χ3n) is 6.95. The first-order valence-electron chi connectivity index (χ1n) is 12.5. The monoisotopic (exact) mass is 485 g/mol. The van der Waals surface area contributed by atoms with Crippen LogP contribution in [0.5, 0.6) is 0 Å². The van der Waals surface area contributed by atoms with E-state index in [-0.39, 0.29) is 10.9 Å². The second kappa shape index (κ2) is 11.2. The molecule has 1 heterocycles. The Balaban J connectivity index is 2.28. The first-order valence-corrected chi connectivity index (χ1v) is 15.4. The summed E-state index contributed by atoms with van der Waals surface area (Å²) in [6.45, 7) is 18.4. The van der Waals surface area contributed by atoms with E-state index in [0.717, 1.165) is 12.8 Å². The zero-order valence-electron chi connectivity index (χ0n) is 22.3. The van der Waals surface area contributed by atoms with Crippen molar-refractivity contribution in [3.63, 3.8) is 0 Å². The van der Waals surface area contributed by atoms with Gasteiger partial charge in [-0.05, 0) is 57.7 Å². The van der Waals surface area contributed by atoms with Gasteiger partial charge in [0, 0.05) is 13.3 Å². The molecule has 0 spiro atoms. The Kier molecular flexibility index (Phi) is 9.58. The highest BCUT2D eigenvalue weighted by Crippen LogP contribution is 2.40. The van der Waals surface area contributed by atoms with Crippen LogP contribution in [-0.4, -0.2) is 56.9 Å². The number of nitrogens with one attached hydrogen (secondary N) is 1. The van der Waals surface area contributed by atoms with Crippen LogP contribution in [0.15, 0.2) is 0 Å². The summed E-state index contributed by atoms with van der Waals surface area (Å²) in [7, 11) is -2.20. The van der Waals surface area contributed by atoms with Gasteiger partial charge in [0.2, 0.25) is 5.91 Å². The lowest BCUT2D eigenvalue weighted by atomic mass is 9.90. The summed E-state index contributed by atoms with van der Waals surface area (Å²) in [5.41, 5.74) is -0.622. The summed E-state index contributed by atoms with van der Waals surface area (Å²) >= 11 is 0. The Bertz CT molecular complexity index is 663. The van der Waals surface area contributed by atoms with E-state index in [2.05, 4.69) is 39.2 Å². The molecule has 0 aromatic carbocycles. The number of hydrogen-bond acceptors (Lipinski definition) is 6. The van der Waals surface area contributed by atoms with E-state index in [9.17, 15) is 9.59 Å². The highest BCUT2D eigenvalue weighted by atomic mass is 28.4. The first-order chi connectivity index (χ1) is 15.1. The molecule has 7 nitrogen and oxygen atoms in total. The van der Waals surface area contributed by atoms with Crippen molar-refractivity contribution >= 4 is 20.2 Å². The van der Waals surface area contributed by atoms with Crippen molar-refractivity contribution < 1.29 is 28.2 Å². The molecule has 0 unspecified atom stereocenters. The zero-order chi connectivity index (χ0) is 25.0. The molecule has 192 valence electrons. The maximum absolute atomic E-state index is 13.0. The van der Waals surface area contributed by atoms with Crippen LogP contribution >= 0.6 is 0 Å². The molecule has 0 aromatic heterocycles. The van der Waals surface area contributed by atoms with Gasteiger partial charge in [-0.1, -0.05) is 40.0 Å². The van der Waals surface area contributed by atoms with Crippen LogP contribution in [0, 0.1) is 5.92 Å². The minimum absolute atomic E-state index is 0.0219. The Morgan fingerprint density at radius 1 is 1.03 bits per heavy atom. The number of ether oxygens (including phenoxy) is 3. The standard InChI is InChI=1S/C25H47NO6Si/c1-17(27)26-21-19(32-33(8,9)25(5,6)7)15-20(22(28)31-24(2,3)4)30-23(21)29-16-18-13-11-10-12-14-18/h18-21,23H,10-16H2,1-9H3,(H,26,27)/t19-,20-,21+,23-/m0/s1. The second-order valence-electron chi connectivity index (χ2n) is 12.2. The van der Waals surface area contributed by atoms with Crippen molar-refractivity contribution in [2.24, 2.45) is 5.92 Å². The van der Waals surface area contributed by atoms with Crippen molar-refractivity contribution in [3.05, 3.63) is 0 Å². The maximum atomic E-state index is 13.0. The predicted octanol–water partition coefficient (Wildman–Crippen LogP) is 4.94. The average Bonchev–Trinajstić information content (AvgIpc) is 2.66. The van der Waals surface area contributed by atoms with Gasteiger partial charge < -0.3 is 24.0 Å². The van der Waals surface area contributed by atoms with Crippen LogP contribution in [0.25, 0.3) is 0 Å². The summed E-state index contributed by atoms with van der Waals surface area (Å²) in [6, 6.07) is -0.487. The van der Waals surface area contributed by atoms with Gasteiger partial charge in [0.05, 0.1) is 12.7 Å². The normalized spacial score (nSPS) is 27.8. The van der Waals surface area contributed by atoms with Crippen LogP contribution in [0.3, 0.4) is 0 Å². The lowest BCUT2D eigenvalue weighted by Crippen LogP contribution is -2.62. The van der Waals surface area contributed by atoms with Gasteiger partial charge in [-0.3, -0.25) is 4.79 Å². The lowest BCUT2D eigenvalue weighted by Gasteiger charge is -2.46. The van der Waals surface area contributed by atoms with E-state index >= 15 is 0 Å². The van der Waals surface area contributed by atoms with Gasteiger partial charge in [-0.2, -0.15) is 0 Å². The maximum Gasteiger partial charge on any atom is 0.336 e. The quantitative estimate of drug-likeness (QED) is 0.406. The van der Waals surface area contributed by atoms with Crippen LogP contribution in [0.2, 0.25) is 18.1 Å². The molecule has 1 N–H and O–H groups in total. The Labute approximate surface area is 201 Å². The second-order valence-corrected chi connectivity index (χ2v) is 17.0. The summed E-state index contributed by atoms with van der Waals surface area (Å²) in [4.78, 5) is 25.1. The molecule has 4 atom stereocenters. The van der Waals surface area contributed by atoms with Gasteiger partial charge >= 0.3 is 5.97 Å². The first kappa shape index (κ1) is 28.3. The fourth-order valence-electron chi connectivity index (χ4n) is 4.15. The van der Waals surface area contributed by atoms with Gasteiger partial charge in [0.1, 0.15) is 11.6 Å². The largest absolute Gasteiger partial charge is 0.458 e. The van der Waals surface area contributed by atoms with Gasteiger partial charge in [-0.15, -0.1) is 0 Å². The average molecular weight is 486 g/mol. The minimum atomic E-state index is -2.20. The van der Waals surface area contributed by atoms with Crippen molar-refractivity contribution in [1.82, 2.24) is 5.32 Å². The van der Waals surface area contributed by atoms with E-state index in [4.69, 9.17) is 18.6 Å². The van der Waals surface area contributed by atoms with E-state index < -0.39 is 44.4 Å². The van der Waals surface area contributed by atoms with E-state index in [1.165, 1.54) is 26.2 Å². The van der Waals surface area contributed by atoms with Crippen LogP contribution in [0.1, 0.15) is 87.0 Å². The molecule has 2 fully saturated rings. The molecule has 2 aliphatic rings. The number of esters is 1. The third-order valence-corrected chi connectivity index (χ3v) is 11.5. The molecule has 1 amide bonds. The number of amides is 1. The van der Waals surface area contributed by atoms with Gasteiger partial charge in [0.15, 0.2) is 20.7 Å². The molecule has 1 aliphatic heterocycles. The molecule has 0 radical (unpaired) electrons. The number of carbonyl (C=O) groups is 2. The third kappa shape index (κ3) is 8.64. The number of rotatable bonds is 7. The summed E-state index contributed by atoms with van der Waals surface area (Å²) in [6.07, 6.45) is 4.31. The molecule has 0 bridgehead atoms. The molecule has 8 heteroatoms. The summed E-state index contributed by atoms with van der Waals surface area (Å²) in [5, 5.41) is 2.99. The van der Waals surface area contributed by atoms with Crippen molar-refractivity contribution in [1.29, 1.82) is 0 Å². The molecule has 33 heavy (non-hydrogen) atoms. The molecule has 2 rings (SSSR count). The van der Waals surface area contributed by atoms with E-state index in [0.29, 0.717) is 18.9 Å². The molecule has 1 saturated heterocycles. The minimum Gasteiger partial charge on any atom is -0.458 e. The number of carbonyl (C=O) groups excluding carboxylic acids is 2.